The maximum absolute atomic E-state index is 12.2. The van der Waals surface area contributed by atoms with Gasteiger partial charge in [0.05, 0.1) is 25.0 Å². The van der Waals surface area contributed by atoms with E-state index in [4.69, 9.17) is 4.74 Å². The zero-order valence-electron chi connectivity index (χ0n) is 14.0. The lowest BCUT2D eigenvalue weighted by molar-refractivity contribution is 0.181. The van der Waals surface area contributed by atoms with Crippen LogP contribution in [0.3, 0.4) is 0 Å². The standard InChI is InChI=1S/C16H27N3O3S/c1-18(2)23(20,21)12-14-10-22-11-15(14)19-9-8-17-16(19)13-6-4-3-5-7-13/h8-9,13-15H,3-7,10-12H2,1-2H3/t14-,15+/m0/s1. The summed E-state index contributed by atoms with van der Waals surface area (Å²) in [6.07, 6.45) is 10.1. The molecule has 23 heavy (non-hydrogen) atoms. The second-order valence-corrected chi connectivity index (χ2v) is 9.18. The third-order valence-electron chi connectivity index (χ3n) is 5.17. The average molecular weight is 341 g/mol. The van der Waals surface area contributed by atoms with Gasteiger partial charge >= 0.3 is 0 Å². The lowest BCUT2D eigenvalue weighted by atomic mass is 9.88. The Morgan fingerprint density at radius 1 is 1.26 bits per heavy atom. The van der Waals surface area contributed by atoms with E-state index in [9.17, 15) is 8.42 Å². The Labute approximate surface area is 138 Å². The van der Waals surface area contributed by atoms with E-state index >= 15 is 0 Å². The molecule has 130 valence electrons. The second-order valence-electron chi connectivity index (χ2n) is 6.95. The minimum Gasteiger partial charge on any atom is -0.379 e. The molecular formula is C16H27N3O3S. The highest BCUT2D eigenvalue weighted by Crippen LogP contribution is 2.35. The largest absolute Gasteiger partial charge is 0.379 e. The number of hydrogen-bond acceptors (Lipinski definition) is 4. The van der Waals surface area contributed by atoms with Crippen LogP contribution in [0.1, 0.15) is 49.9 Å². The van der Waals surface area contributed by atoms with Gasteiger partial charge in [-0.25, -0.2) is 17.7 Å². The van der Waals surface area contributed by atoms with Gasteiger partial charge in [-0.15, -0.1) is 0 Å². The molecule has 0 aromatic carbocycles. The lowest BCUT2D eigenvalue weighted by Crippen LogP contribution is -2.33. The van der Waals surface area contributed by atoms with Gasteiger partial charge in [-0.3, -0.25) is 0 Å². The van der Waals surface area contributed by atoms with E-state index in [0.29, 0.717) is 19.1 Å². The monoisotopic (exact) mass is 341 g/mol. The molecule has 1 saturated heterocycles. The van der Waals surface area contributed by atoms with Crippen LogP contribution in [0.25, 0.3) is 0 Å². The van der Waals surface area contributed by atoms with E-state index in [2.05, 4.69) is 9.55 Å². The van der Waals surface area contributed by atoms with E-state index in [-0.39, 0.29) is 17.7 Å². The molecule has 0 unspecified atom stereocenters. The van der Waals surface area contributed by atoms with Crippen LogP contribution < -0.4 is 0 Å². The molecule has 1 saturated carbocycles. The van der Waals surface area contributed by atoms with Gasteiger partial charge in [0, 0.05) is 38.3 Å². The molecule has 1 aromatic rings. The van der Waals surface area contributed by atoms with Crippen molar-refractivity contribution in [2.75, 3.05) is 33.1 Å². The molecule has 7 heteroatoms. The Morgan fingerprint density at radius 3 is 2.70 bits per heavy atom. The van der Waals surface area contributed by atoms with Gasteiger partial charge in [0.2, 0.25) is 10.0 Å². The Hall–Kier alpha value is -0.920. The SMILES string of the molecule is CN(C)S(=O)(=O)C[C@@H]1COC[C@H]1n1ccnc1C1CCCCC1. The minimum absolute atomic E-state index is 0.0149. The fourth-order valence-electron chi connectivity index (χ4n) is 3.76. The summed E-state index contributed by atoms with van der Waals surface area (Å²) in [5.41, 5.74) is 0. The van der Waals surface area contributed by atoms with Crippen LogP contribution in [0.2, 0.25) is 0 Å². The van der Waals surface area contributed by atoms with Crippen molar-refractivity contribution in [2.45, 2.75) is 44.1 Å². The highest BCUT2D eigenvalue weighted by molar-refractivity contribution is 7.89. The van der Waals surface area contributed by atoms with E-state index in [0.717, 1.165) is 5.82 Å². The molecule has 3 rings (SSSR count). The van der Waals surface area contributed by atoms with Crippen LogP contribution in [0.15, 0.2) is 12.4 Å². The molecule has 0 spiro atoms. The second kappa shape index (κ2) is 6.91. The van der Waals surface area contributed by atoms with E-state index in [1.54, 1.807) is 14.1 Å². The highest BCUT2D eigenvalue weighted by atomic mass is 32.2. The summed E-state index contributed by atoms with van der Waals surface area (Å²) in [5.74, 6) is 1.74. The first-order valence-corrected chi connectivity index (χ1v) is 10.1. The molecule has 2 atom stereocenters. The first kappa shape index (κ1) is 16.9. The molecule has 6 nitrogen and oxygen atoms in total. The van der Waals surface area contributed by atoms with Crippen LogP contribution in [0, 0.1) is 5.92 Å². The van der Waals surface area contributed by atoms with Crippen molar-refractivity contribution >= 4 is 10.0 Å². The molecule has 0 N–H and O–H groups in total. The van der Waals surface area contributed by atoms with Crippen LogP contribution in [-0.2, 0) is 14.8 Å². The zero-order valence-corrected chi connectivity index (χ0v) is 14.8. The van der Waals surface area contributed by atoms with Gasteiger partial charge in [-0.1, -0.05) is 19.3 Å². The van der Waals surface area contributed by atoms with Crippen molar-refractivity contribution < 1.29 is 13.2 Å². The van der Waals surface area contributed by atoms with Crippen LogP contribution in [-0.4, -0.2) is 55.3 Å². The van der Waals surface area contributed by atoms with Gasteiger partial charge < -0.3 is 9.30 Å². The number of ether oxygens (including phenoxy) is 1. The number of hydrogen-bond donors (Lipinski definition) is 0. The van der Waals surface area contributed by atoms with Crippen molar-refractivity contribution in [1.29, 1.82) is 0 Å². The van der Waals surface area contributed by atoms with Gasteiger partial charge in [0.1, 0.15) is 5.82 Å². The summed E-state index contributed by atoms with van der Waals surface area (Å²) in [4.78, 5) is 4.60. The number of rotatable bonds is 5. The Balaban J connectivity index is 1.79. The number of nitrogens with zero attached hydrogens (tertiary/aromatic N) is 3. The zero-order chi connectivity index (χ0) is 16.4. The third kappa shape index (κ3) is 3.61. The predicted molar refractivity (Wildman–Crippen MR) is 88.9 cm³/mol. The van der Waals surface area contributed by atoms with Crippen LogP contribution in [0.5, 0.6) is 0 Å². The summed E-state index contributed by atoms with van der Waals surface area (Å²) in [6.45, 7) is 1.07. The van der Waals surface area contributed by atoms with E-state index in [1.165, 1.54) is 36.4 Å². The molecular weight excluding hydrogens is 314 g/mol. The predicted octanol–water partition coefficient (Wildman–Crippen LogP) is 2.01. The molecule has 2 aliphatic rings. The maximum atomic E-state index is 12.2. The van der Waals surface area contributed by atoms with Gasteiger partial charge in [-0.2, -0.15) is 0 Å². The summed E-state index contributed by atoms with van der Waals surface area (Å²) >= 11 is 0. The molecule has 0 amide bonds. The van der Waals surface area contributed by atoms with Gasteiger partial charge in [0.15, 0.2) is 0 Å². The van der Waals surface area contributed by atoms with Crippen molar-refractivity contribution in [2.24, 2.45) is 5.92 Å². The topological polar surface area (TPSA) is 64.4 Å². The molecule has 0 bridgehead atoms. The van der Waals surface area contributed by atoms with Crippen molar-refractivity contribution in [1.82, 2.24) is 13.9 Å². The minimum atomic E-state index is -3.22. The molecule has 2 fully saturated rings. The summed E-state index contributed by atoms with van der Waals surface area (Å²) in [6, 6.07) is 0.0733. The quantitative estimate of drug-likeness (QED) is 0.822. The first-order valence-electron chi connectivity index (χ1n) is 8.49. The molecule has 1 aliphatic carbocycles. The summed E-state index contributed by atoms with van der Waals surface area (Å²) in [5, 5.41) is 0. The number of imidazole rings is 1. The lowest BCUT2D eigenvalue weighted by Gasteiger charge is -2.27. The van der Waals surface area contributed by atoms with Gasteiger partial charge in [0.25, 0.3) is 0 Å². The van der Waals surface area contributed by atoms with E-state index in [1.807, 2.05) is 12.4 Å². The Bertz CT molecular complexity index is 620. The van der Waals surface area contributed by atoms with Crippen molar-refractivity contribution in [3.8, 4) is 0 Å². The fourth-order valence-corrected chi connectivity index (χ4v) is 4.91. The van der Waals surface area contributed by atoms with E-state index < -0.39 is 10.0 Å². The van der Waals surface area contributed by atoms with Crippen LogP contribution >= 0.6 is 0 Å². The highest BCUT2D eigenvalue weighted by Gasteiger charge is 2.36. The number of aromatic nitrogens is 2. The Kier molecular flexibility index (Phi) is 5.08. The molecule has 2 heterocycles. The summed E-state index contributed by atoms with van der Waals surface area (Å²) in [7, 11) is -0.0475. The average Bonchev–Trinajstić information content (AvgIpc) is 3.16. The number of sulfonamides is 1. The smallest absolute Gasteiger partial charge is 0.214 e. The van der Waals surface area contributed by atoms with Crippen molar-refractivity contribution in [3.63, 3.8) is 0 Å². The van der Waals surface area contributed by atoms with Gasteiger partial charge in [-0.05, 0) is 12.8 Å². The molecule has 1 aliphatic heterocycles. The fraction of sp³-hybridized carbons (Fsp3) is 0.812. The maximum Gasteiger partial charge on any atom is 0.214 e. The van der Waals surface area contributed by atoms with Crippen LogP contribution in [0.4, 0.5) is 0 Å². The normalized spacial score (nSPS) is 26.9. The summed E-state index contributed by atoms with van der Waals surface area (Å²) < 4.78 is 33.6. The molecule has 1 aromatic heterocycles. The third-order valence-corrected chi connectivity index (χ3v) is 7.13. The molecule has 0 radical (unpaired) electrons. The Morgan fingerprint density at radius 2 is 2.00 bits per heavy atom. The first-order chi connectivity index (χ1) is 11.0. The van der Waals surface area contributed by atoms with Crippen molar-refractivity contribution in [3.05, 3.63) is 18.2 Å².